The summed E-state index contributed by atoms with van der Waals surface area (Å²) < 4.78 is 0. The van der Waals surface area contributed by atoms with Crippen molar-refractivity contribution >= 4 is 22.8 Å². The molecule has 1 atom stereocenters. The minimum Gasteiger partial charge on any atom is -0.508 e. The summed E-state index contributed by atoms with van der Waals surface area (Å²) in [6, 6.07) is 18.2. The van der Waals surface area contributed by atoms with Gasteiger partial charge in [0, 0.05) is 29.7 Å². The molecule has 166 valence electrons. The summed E-state index contributed by atoms with van der Waals surface area (Å²) in [7, 11) is 0. The Labute approximate surface area is 189 Å². The van der Waals surface area contributed by atoms with E-state index in [1.165, 1.54) is 6.07 Å². The van der Waals surface area contributed by atoms with Crippen molar-refractivity contribution in [1.29, 1.82) is 0 Å². The summed E-state index contributed by atoms with van der Waals surface area (Å²) in [5.41, 5.74) is 8.55. The van der Waals surface area contributed by atoms with Crippen LogP contribution in [0.3, 0.4) is 0 Å². The van der Waals surface area contributed by atoms with Crippen LogP contribution in [0.5, 0.6) is 5.75 Å². The molecule has 4 rings (SSSR count). The number of hydrogen-bond donors (Lipinski definition) is 4. The number of carbonyl (C=O) groups is 2. The topological polar surface area (TPSA) is 138 Å². The van der Waals surface area contributed by atoms with E-state index in [9.17, 15) is 19.8 Å². The maximum atomic E-state index is 12.9. The van der Waals surface area contributed by atoms with E-state index in [2.05, 4.69) is 15.3 Å². The van der Waals surface area contributed by atoms with E-state index < -0.39 is 11.9 Å². The lowest BCUT2D eigenvalue weighted by molar-refractivity contribution is 0.0699. The largest absolute Gasteiger partial charge is 0.508 e. The van der Waals surface area contributed by atoms with E-state index in [0.717, 1.165) is 11.1 Å². The van der Waals surface area contributed by atoms with Crippen molar-refractivity contribution in [2.24, 2.45) is 5.73 Å². The maximum absolute atomic E-state index is 12.9. The summed E-state index contributed by atoms with van der Waals surface area (Å²) in [5.74, 6) is -1.52. The lowest BCUT2D eigenvalue weighted by Gasteiger charge is -2.17. The molecule has 33 heavy (non-hydrogen) atoms. The second-order valence-electron chi connectivity index (χ2n) is 7.58. The molecule has 0 aliphatic rings. The Kier molecular flexibility index (Phi) is 6.28. The molecule has 0 radical (unpaired) electrons. The number of nitrogens with zero attached hydrogens (tertiary/aromatic N) is 2. The third kappa shape index (κ3) is 4.97. The van der Waals surface area contributed by atoms with E-state index in [0.29, 0.717) is 23.0 Å². The highest BCUT2D eigenvalue weighted by atomic mass is 16.4. The van der Waals surface area contributed by atoms with Crippen LogP contribution < -0.4 is 11.1 Å². The van der Waals surface area contributed by atoms with Crippen molar-refractivity contribution < 1.29 is 19.8 Å². The molecule has 0 saturated carbocycles. The molecule has 4 aromatic rings. The summed E-state index contributed by atoms with van der Waals surface area (Å²) in [4.78, 5) is 33.6. The number of carbonyl (C=O) groups excluding carboxylic acids is 1. The predicted octanol–water partition coefficient (Wildman–Crippen LogP) is 3.00. The first-order chi connectivity index (χ1) is 15.9. The third-order valence-electron chi connectivity index (χ3n) is 5.27. The van der Waals surface area contributed by atoms with Crippen LogP contribution in [-0.4, -0.2) is 44.6 Å². The first-order valence-electron chi connectivity index (χ1n) is 10.3. The minimum atomic E-state index is -1.16. The van der Waals surface area contributed by atoms with Crippen LogP contribution in [0, 0.1) is 0 Å². The quantitative estimate of drug-likeness (QED) is 0.345. The molecule has 5 N–H and O–H groups in total. The van der Waals surface area contributed by atoms with Crippen molar-refractivity contribution in [1.82, 2.24) is 15.3 Å². The SMILES string of the molecule is NC[C@H](Cc1ccc(O)cc1)NC(=O)c1cc(C(=O)O)c2cc(-c3ccccn3)ccc2n1. The van der Waals surface area contributed by atoms with Gasteiger partial charge in [-0.2, -0.15) is 0 Å². The molecule has 0 fully saturated rings. The number of nitrogens with two attached hydrogens (primary N) is 1. The molecule has 0 aliphatic heterocycles. The third-order valence-corrected chi connectivity index (χ3v) is 5.27. The van der Waals surface area contributed by atoms with E-state index in [-0.39, 0.29) is 29.6 Å². The number of phenolic OH excluding ortho intramolecular Hbond substituents is 1. The fourth-order valence-electron chi connectivity index (χ4n) is 3.58. The fourth-order valence-corrected chi connectivity index (χ4v) is 3.58. The fraction of sp³-hybridized carbons (Fsp3) is 0.120. The molecule has 8 nitrogen and oxygen atoms in total. The molecule has 2 heterocycles. The number of nitrogens with one attached hydrogen (secondary N) is 1. The first-order valence-corrected chi connectivity index (χ1v) is 10.3. The number of phenols is 1. The van der Waals surface area contributed by atoms with E-state index in [4.69, 9.17) is 5.73 Å². The predicted molar refractivity (Wildman–Crippen MR) is 124 cm³/mol. The lowest BCUT2D eigenvalue weighted by atomic mass is 10.0. The molecule has 0 spiro atoms. The van der Waals surface area contributed by atoms with Gasteiger partial charge >= 0.3 is 5.97 Å². The summed E-state index contributed by atoms with van der Waals surface area (Å²) in [6.45, 7) is 0.180. The molecular formula is C25H22N4O4. The highest BCUT2D eigenvalue weighted by molar-refractivity contribution is 6.06. The standard InChI is InChI=1S/C25H22N4O4/c26-14-17(11-15-4-7-18(30)8-5-15)28-24(31)23-13-20(25(32)33)19-12-16(6-9-22(19)29-23)21-3-1-2-10-27-21/h1-10,12-13,17,30H,11,14,26H2,(H,28,31)(H,32,33)/t17-/m0/s1. The van der Waals surface area contributed by atoms with Gasteiger partial charge in [0.2, 0.25) is 0 Å². The van der Waals surface area contributed by atoms with Crippen LogP contribution in [0.25, 0.3) is 22.2 Å². The zero-order valence-electron chi connectivity index (χ0n) is 17.6. The zero-order valence-corrected chi connectivity index (χ0v) is 17.6. The number of aromatic nitrogens is 2. The van der Waals surface area contributed by atoms with Crippen LogP contribution in [0.1, 0.15) is 26.4 Å². The average molecular weight is 442 g/mol. The normalized spacial score (nSPS) is 11.8. The number of carboxylic acids is 1. The van der Waals surface area contributed by atoms with Crippen LogP contribution in [0.15, 0.2) is 72.9 Å². The van der Waals surface area contributed by atoms with Crippen LogP contribution in [0.2, 0.25) is 0 Å². The number of fused-ring (bicyclic) bond motifs is 1. The van der Waals surface area contributed by atoms with Gasteiger partial charge in [-0.25, -0.2) is 9.78 Å². The highest BCUT2D eigenvalue weighted by Gasteiger charge is 2.19. The molecule has 0 aliphatic carbocycles. The summed E-state index contributed by atoms with van der Waals surface area (Å²) in [5, 5.41) is 22.4. The molecular weight excluding hydrogens is 420 g/mol. The van der Waals surface area contributed by atoms with Gasteiger partial charge in [-0.3, -0.25) is 9.78 Å². The molecule has 0 unspecified atom stereocenters. The van der Waals surface area contributed by atoms with Gasteiger partial charge < -0.3 is 21.3 Å². The van der Waals surface area contributed by atoms with Crippen LogP contribution in [-0.2, 0) is 6.42 Å². The van der Waals surface area contributed by atoms with Crippen molar-refractivity contribution in [2.75, 3.05) is 6.54 Å². The van der Waals surface area contributed by atoms with Gasteiger partial charge in [0.05, 0.1) is 16.8 Å². The Morgan fingerprint density at radius 3 is 2.48 bits per heavy atom. The maximum Gasteiger partial charge on any atom is 0.336 e. The van der Waals surface area contributed by atoms with Gasteiger partial charge in [0.1, 0.15) is 11.4 Å². The Hall–Kier alpha value is -4.30. The Bertz CT molecular complexity index is 1310. The van der Waals surface area contributed by atoms with E-state index in [1.54, 1.807) is 54.7 Å². The summed E-state index contributed by atoms with van der Waals surface area (Å²) in [6.07, 6.45) is 2.12. The molecule has 1 amide bonds. The Morgan fingerprint density at radius 1 is 1.03 bits per heavy atom. The lowest BCUT2D eigenvalue weighted by Crippen LogP contribution is -2.42. The van der Waals surface area contributed by atoms with E-state index in [1.807, 2.05) is 12.1 Å². The molecule has 8 heteroatoms. The van der Waals surface area contributed by atoms with Crippen molar-refractivity contribution in [3.63, 3.8) is 0 Å². The minimum absolute atomic E-state index is 0.00496. The van der Waals surface area contributed by atoms with Crippen molar-refractivity contribution in [3.05, 3.63) is 89.7 Å². The van der Waals surface area contributed by atoms with Crippen LogP contribution in [0.4, 0.5) is 0 Å². The van der Waals surface area contributed by atoms with Gasteiger partial charge in [-0.1, -0.05) is 24.3 Å². The van der Waals surface area contributed by atoms with Gasteiger partial charge in [0.25, 0.3) is 5.91 Å². The number of benzene rings is 2. The second kappa shape index (κ2) is 9.46. The number of pyridine rings is 2. The number of rotatable bonds is 7. The monoisotopic (exact) mass is 442 g/mol. The second-order valence-corrected chi connectivity index (χ2v) is 7.58. The number of amides is 1. The number of aromatic carboxylic acids is 1. The number of carboxylic acid groups (broad SMARTS) is 1. The zero-order chi connectivity index (χ0) is 23.4. The Morgan fingerprint density at radius 2 is 1.82 bits per heavy atom. The van der Waals surface area contributed by atoms with Crippen molar-refractivity contribution in [2.45, 2.75) is 12.5 Å². The number of aromatic hydroxyl groups is 1. The molecule has 0 saturated heterocycles. The first kappa shape index (κ1) is 21.9. The van der Waals surface area contributed by atoms with Gasteiger partial charge in [0.15, 0.2) is 0 Å². The average Bonchev–Trinajstić information content (AvgIpc) is 2.84. The number of hydrogen-bond acceptors (Lipinski definition) is 6. The van der Waals surface area contributed by atoms with E-state index >= 15 is 0 Å². The highest BCUT2D eigenvalue weighted by Crippen LogP contribution is 2.25. The molecule has 0 bridgehead atoms. The van der Waals surface area contributed by atoms with Crippen molar-refractivity contribution in [3.8, 4) is 17.0 Å². The molecule has 2 aromatic heterocycles. The summed E-state index contributed by atoms with van der Waals surface area (Å²) >= 11 is 0. The van der Waals surface area contributed by atoms with Gasteiger partial charge in [-0.15, -0.1) is 0 Å². The van der Waals surface area contributed by atoms with Crippen LogP contribution >= 0.6 is 0 Å². The molecule has 2 aromatic carbocycles. The van der Waals surface area contributed by atoms with Gasteiger partial charge in [-0.05, 0) is 54.4 Å². The Balaban J connectivity index is 1.63. The smallest absolute Gasteiger partial charge is 0.336 e.